The molecular formula is C48H81F3N4O10S. The number of thiocarbonyl (C=S) groups is 1. The number of ether oxygens (including phenoxy) is 4. The Balaban J connectivity index is 1.79. The molecule has 3 fully saturated rings. The Bertz CT molecular complexity index is 1750. The van der Waals surface area contributed by atoms with Crippen molar-refractivity contribution in [3.05, 3.63) is 29.8 Å². The number of methoxy groups -OCH3 is 1. The van der Waals surface area contributed by atoms with Crippen molar-refractivity contribution in [1.82, 2.24) is 15.1 Å². The summed E-state index contributed by atoms with van der Waals surface area (Å²) < 4.78 is 65.2. The highest BCUT2D eigenvalue weighted by Gasteiger charge is 2.53. The predicted molar refractivity (Wildman–Crippen MR) is 251 cm³/mol. The smallest absolute Gasteiger partial charge is 0.416 e. The summed E-state index contributed by atoms with van der Waals surface area (Å²) in [6.45, 7) is 18.7. The first kappa shape index (κ1) is 56.4. The molecule has 7 N–H and O–H groups in total. The number of cyclic esters (lactones) is 1. The second-order valence-electron chi connectivity index (χ2n) is 20.8. The van der Waals surface area contributed by atoms with E-state index in [1.807, 2.05) is 58.5 Å². The molecule has 18 heteroatoms. The molecule has 3 aliphatic heterocycles. The van der Waals surface area contributed by atoms with Gasteiger partial charge in [0.1, 0.15) is 23.9 Å². The zero-order chi connectivity index (χ0) is 49.9. The Morgan fingerprint density at radius 2 is 1.64 bits per heavy atom. The molecule has 0 radical (unpaired) electrons. The van der Waals surface area contributed by atoms with E-state index in [0.29, 0.717) is 19.3 Å². The third kappa shape index (κ3) is 13.5. The maximum Gasteiger partial charge on any atom is 0.416 e. The van der Waals surface area contributed by atoms with Gasteiger partial charge in [-0.2, -0.15) is 13.2 Å². The summed E-state index contributed by atoms with van der Waals surface area (Å²) in [5.74, 6) is -2.95. The van der Waals surface area contributed by atoms with E-state index in [1.165, 1.54) is 19.1 Å². The fraction of sp³-hybridized carbons (Fsp3) is 0.833. The van der Waals surface area contributed by atoms with Crippen LogP contribution in [0.5, 0.6) is 0 Å². The molecule has 4 rings (SSSR count). The average molecular weight is 963 g/mol. The van der Waals surface area contributed by atoms with E-state index in [2.05, 4.69) is 10.6 Å². The minimum absolute atomic E-state index is 0.0428. The lowest BCUT2D eigenvalue weighted by atomic mass is 9.63. The lowest BCUT2D eigenvalue weighted by Gasteiger charge is -2.51. The van der Waals surface area contributed by atoms with Crippen LogP contribution in [0.4, 0.5) is 18.9 Å². The van der Waals surface area contributed by atoms with E-state index >= 15 is 0 Å². The summed E-state index contributed by atoms with van der Waals surface area (Å²) in [6.07, 6.45) is -9.59. The van der Waals surface area contributed by atoms with Crippen LogP contribution in [0, 0.1) is 29.6 Å². The van der Waals surface area contributed by atoms with Crippen LogP contribution < -0.4 is 10.6 Å². The van der Waals surface area contributed by atoms with Crippen LogP contribution in [0.15, 0.2) is 24.3 Å². The number of hydrogen-bond acceptors (Lipinski definition) is 13. The number of hydrogen-bond donors (Lipinski definition) is 7. The second kappa shape index (κ2) is 22.7. The highest BCUT2D eigenvalue weighted by molar-refractivity contribution is 7.80. The number of likely N-dealkylation sites (N-methyl/N-ethyl adjacent to an activating group) is 1. The van der Waals surface area contributed by atoms with Crippen LogP contribution in [0.1, 0.15) is 107 Å². The van der Waals surface area contributed by atoms with E-state index in [4.69, 9.17) is 31.2 Å². The maximum absolute atomic E-state index is 14.1. The molecule has 0 saturated carbocycles. The van der Waals surface area contributed by atoms with Crippen LogP contribution in [0.25, 0.3) is 0 Å². The van der Waals surface area contributed by atoms with E-state index in [1.54, 1.807) is 34.8 Å². The maximum atomic E-state index is 14.1. The monoisotopic (exact) mass is 963 g/mol. The molecule has 3 aliphatic rings. The van der Waals surface area contributed by atoms with E-state index in [-0.39, 0.29) is 67.3 Å². The van der Waals surface area contributed by atoms with Crippen molar-refractivity contribution >= 4 is 29.0 Å². The number of anilines is 1. The van der Waals surface area contributed by atoms with Crippen molar-refractivity contribution < 1.29 is 62.4 Å². The molecule has 66 heavy (non-hydrogen) atoms. The lowest BCUT2D eigenvalue weighted by molar-refractivity contribution is -0.226. The van der Waals surface area contributed by atoms with Crippen LogP contribution in [-0.2, 0) is 29.9 Å². The number of carbonyl (C=O) groups is 1. The van der Waals surface area contributed by atoms with Gasteiger partial charge in [0.15, 0.2) is 5.11 Å². The Kier molecular flexibility index (Phi) is 19.4. The Labute approximate surface area is 396 Å². The molecular weight excluding hydrogens is 882 g/mol. The third-order valence-corrected chi connectivity index (χ3v) is 15.8. The Morgan fingerprint density at radius 3 is 2.24 bits per heavy atom. The van der Waals surface area contributed by atoms with Crippen molar-refractivity contribution in [2.75, 3.05) is 46.2 Å². The number of aliphatic hydroxyl groups is 5. The van der Waals surface area contributed by atoms with Crippen molar-refractivity contribution in [2.24, 2.45) is 29.6 Å². The quantitative estimate of drug-likeness (QED) is 0.120. The number of aliphatic hydroxyl groups excluding tert-OH is 3. The summed E-state index contributed by atoms with van der Waals surface area (Å²) in [5.41, 5.74) is -5.10. The van der Waals surface area contributed by atoms with Gasteiger partial charge in [0.25, 0.3) is 0 Å². The van der Waals surface area contributed by atoms with E-state index < -0.39 is 101 Å². The van der Waals surface area contributed by atoms with Gasteiger partial charge in [0.05, 0.1) is 53.2 Å². The molecule has 1 aromatic carbocycles. The van der Waals surface area contributed by atoms with Crippen molar-refractivity contribution in [2.45, 2.75) is 185 Å². The molecule has 14 nitrogen and oxygen atoms in total. The first-order valence-corrected chi connectivity index (χ1v) is 24.0. The van der Waals surface area contributed by atoms with Crippen LogP contribution in [0.3, 0.4) is 0 Å². The molecule has 3 saturated heterocycles. The molecule has 0 bridgehead atoms. The van der Waals surface area contributed by atoms with Gasteiger partial charge in [0.2, 0.25) is 0 Å². The molecule has 3 heterocycles. The number of carbonyl (C=O) groups excluding carboxylic acids is 1. The minimum Gasteiger partial charge on any atom is -0.459 e. The molecule has 18 atom stereocenters. The molecule has 380 valence electrons. The van der Waals surface area contributed by atoms with Crippen molar-refractivity contribution in [1.29, 1.82) is 0 Å². The third-order valence-electron chi connectivity index (χ3n) is 15.5. The average Bonchev–Trinajstić information content (AvgIpc) is 3.23. The highest BCUT2D eigenvalue weighted by Crippen LogP contribution is 2.47. The number of nitrogens with zero attached hydrogens (tertiary/aromatic N) is 2. The van der Waals surface area contributed by atoms with Gasteiger partial charge in [-0.05, 0) is 129 Å². The van der Waals surface area contributed by atoms with Gasteiger partial charge in [-0.1, -0.05) is 33.8 Å². The summed E-state index contributed by atoms with van der Waals surface area (Å²) in [4.78, 5) is 18.0. The number of nitrogens with one attached hydrogen (secondary N) is 2. The normalized spacial score (nSPS) is 41.7. The van der Waals surface area contributed by atoms with Crippen LogP contribution in [0.2, 0.25) is 0 Å². The number of benzene rings is 1. The second-order valence-corrected chi connectivity index (χ2v) is 21.2. The molecule has 4 unspecified atom stereocenters. The largest absolute Gasteiger partial charge is 0.459 e. The predicted octanol–water partition coefficient (Wildman–Crippen LogP) is 5.21. The Morgan fingerprint density at radius 1 is 0.985 bits per heavy atom. The fourth-order valence-corrected chi connectivity index (χ4v) is 11.0. The summed E-state index contributed by atoms with van der Waals surface area (Å²) >= 11 is 5.48. The van der Waals surface area contributed by atoms with E-state index in [9.17, 15) is 43.5 Å². The molecule has 0 spiro atoms. The summed E-state index contributed by atoms with van der Waals surface area (Å²) in [5, 5.41) is 66.6. The van der Waals surface area contributed by atoms with Crippen LogP contribution in [-0.4, -0.2) is 165 Å². The van der Waals surface area contributed by atoms with Crippen molar-refractivity contribution in [3.8, 4) is 0 Å². The molecule has 0 amide bonds. The first-order chi connectivity index (χ1) is 30.4. The number of alkyl halides is 3. The zero-order valence-electron chi connectivity index (χ0n) is 41.3. The summed E-state index contributed by atoms with van der Waals surface area (Å²) in [7, 11) is 5.37. The topological polar surface area (TPSA) is 186 Å². The molecule has 0 aliphatic carbocycles. The minimum atomic E-state index is -4.54. The van der Waals surface area contributed by atoms with Gasteiger partial charge in [-0.15, -0.1) is 0 Å². The molecule has 0 aromatic heterocycles. The standard InChI is InChI=1S/C48H81F3N4O10S/c1-26-22-47(61,24-39-40(56)38(54(11)12)19-27(2)63-39)37(21-36-23-45(9,62-13)42(58)32(7)64-36)29(4)28(3)30(5)43(59)65-33(8)46(10,60)41(57)31(6)55(25-26)18-17-52-44(66)53-35-16-14-15-34(20-35)48(49,50)51/h14-16,20,26-33,36-42,56-58,60-61H,17-19,21-25H2,1-13H3,(H2,52,53,66)/t26-,27+,28+,29+,30+,31+,32-,33?,36+,37-,38-,39-,40-,41+,42+,45?,46?,47?/m0/s1. The number of rotatable bonds is 10. The number of esters is 1. The van der Waals surface area contributed by atoms with Crippen LogP contribution >= 0.6 is 12.2 Å². The zero-order valence-corrected chi connectivity index (χ0v) is 42.2. The fourth-order valence-electron chi connectivity index (χ4n) is 10.8. The van der Waals surface area contributed by atoms with Crippen molar-refractivity contribution in [3.63, 3.8) is 0 Å². The van der Waals surface area contributed by atoms with Gasteiger partial charge in [-0.25, -0.2) is 0 Å². The SMILES string of the molecule is COC1(C)C[C@@H](C[C@H]2[C@H](C)[C@@H](C)[C@@H](C)C(=O)OC(C)C(C)(O)[C@H](O)[C@@H](C)N(CCNC(=S)Nc3cccc(C(F)(F)F)c3)C[C@@H](C)CC2(O)C[C@@H]2O[C@H](C)C[C@H](N(C)C)[C@@H]2O)O[C@@H](C)[C@H]1O. The number of halogens is 3. The Hall–Kier alpha value is -2.23. The van der Waals surface area contributed by atoms with Gasteiger partial charge in [0, 0.05) is 57.4 Å². The summed E-state index contributed by atoms with van der Waals surface area (Å²) in [6, 6.07) is 3.68. The van der Waals surface area contributed by atoms with Gasteiger partial charge < -0.3 is 60.0 Å². The van der Waals surface area contributed by atoms with Gasteiger partial charge >= 0.3 is 12.1 Å². The first-order valence-electron chi connectivity index (χ1n) is 23.6. The van der Waals surface area contributed by atoms with E-state index in [0.717, 1.165) is 12.1 Å². The molecule has 1 aromatic rings. The van der Waals surface area contributed by atoms with Gasteiger partial charge in [-0.3, -0.25) is 9.69 Å². The highest BCUT2D eigenvalue weighted by atomic mass is 32.1. The lowest BCUT2D eigenvalue weighted by Crippen LogP contribution is -2.60.